The van der Waals surface area contributed by atoms with Crippen molar-refractivity contribution in [3.05, 3.63) is 53.1 Å². The molecule has 138 valence electrons. The molecule has 0 atom stereocenters. The largest absolute Gasteiger partial charge is 0.496 e. The Morgan fingerprint density at radius 2 is 1.46 bits per heavy atom. The van der Waals surface area contributed by atoms with E-state index in [9.17, 15) is 4.79 Å². The fraction of sp³-hybridized carbons (Fsp3) is 0.381. The van der Waals surface area contributed by atoms with Crippen molar-refractivity contribution in [2.75, 3.05) is 45.3 Å². The van der Waals surface area contributed by atoms with Crippen molar-refractivity contribution in [2.24, 2.45) is 0 Å². The van der Waals surface area contributed by atoms with Gasteiger partial charge in [-0.1, -0.05) is 18.2 Å². The van der Waals surface area contributed by atoms with Crippen LogP contribution in [0.3, 0.4) is 0 Å². The van der Waals surface area contributed by atoms with Gasteiger partial charge in [0.2, 0.25) is 0 Å². The van der Waals surface area contributed by atoms with Gasteiger partial charge in [0, 0.05) is 31.9 Å². The molecule has 0 spiro atoms. The first-order valence-electron chi connectivity index (χ1n) is 8.88. The van der Waals surface area contributed by atoms with Crippen molar-refractivity contribution < 1.29 is 14.3 Å². The van der Waals surface area contributed by atoms with Crippen molar-refractivity contribution in [3.8, 4) is 11.5 Å². The van der Waals surface area contributed by atoms with Gasteiger partial charge in [0.15, 0.2) is 0 Å². The molecule has 1 heterocycles. The third-order valence-electron chi connectivity index (χ3n) is 5.13. The smallest absolute Gasteiger partial charge is 0.261 e. The molecule has 0 unspecified atom stereocenters. The second kappa shape index (κ2) is 7.68. The van der Waals surface area contributed by atoms with E-state index in [1.807, 2.05) is 11.0 Å². The molecule has 0 saturated carbocycles. The molecule has 0 bridgehead atoms. The highest BCUT2D eigenvalue weighted by Gasteiger charge is 2.27. The SMILES string of the molecule is COc1cccc(OC)c1C(=O)N1CCN(c2cccc(C)c2C)CC1. The van der Waals surface area contributed by atoms with Gasteiger partial charge in [0.05, 0.1) is 14.2 Å². The van der Waals surface area contributed by atoms with Gasteiger partial charge in [0.25, 0.3) is 5.91 Å². The molecule has 2 aromatic rings. The quantitative estimate of drug-likeness (QED) is 0.845. The Morgan fingerprint density at radius 1 is 0.885 bits per heavy atom. The average molecular weight is 354 g/mol. The zero-order chi connectivity index (χ0) is 18.7. The van der Waals surface area contributed by atoms with Crippen LogP contribution in [-0.4, -0.2) is 51.2 Å². The van der Waals surface area contributed by atoms with E-state index in [1.54, 1.807) is 26.4 Å². The Bertz CT molecular complexity index is 774. The lowest BCUT2D eigenvalue weighted by Gasteiger charge is -2.37. The Morgan fingerprint density at radius 3 is 2.04 bits per heavy atom. The molecular formula is C21H26N2O3. The van der Waals surface area contributed by atoms with Crippen LogP contribution in [0.4, 0.5) is 5.69 Å². The molecule has 2 aromatic carbocycles. The summed E-state index contributed by atoms with van der Waals surface area (Å²) in [6.07, 6.45) is 0. The molecule has 5 heteroatoms. The number of nitrogens with zero attached hydrogens (tertiary/aromatic N) is 2. The second-order valence-corrected chi connectivity index (χ2v) is 6.54. The van der Waals surface area contributed by atoms with E-state index in [1.165, 1.54) is 16.8 Å². The fourth-order valence-electron chi connectivity index (χ4n) is 3.45. The highest BCUT2D eigenvalue weighted by molar-refractivity contribution is 5.99. The minimum Gasteiger partial charge on any atom is -0.496 e. The predicted molar refractivity (Wildman–Crippen MR) is 104 cm³/mol. The minimum absolute atomic E-state index is 0.0417. The van der Waals surface area contributed by atoms with Gasteiger partial charge in [-0.25, -0.2) is 0 Å². The zero-order valence-electron chi connectivity index (χ0n) is 15.9. The van der Waals surface area contributed by atoms with Crippen molar-refractivity contribution in [1.82, 2.24) is 4.90 Å². The number of methoxy groups -OCH3 is 2. The average Bonchev–Trinajstić information content (AvgIpc) is 2.69. The van der Waals surface area contributed by atoms with Crippen LogP contribution in [0.2, 0.25) is 0 Å². The first-order chi connectivity index (χ1) is 12.6. The minimum atomic E-state index is -0.0417. The zero-order valence-corrected chi connectivity index (χ0v) is 15.9. The van der Waals surface area contributed by atoms with E-state index in [-0.39, 0.29) is 5.91 Å². The van der Waals surface area contributed by atoms with Crippen molar-refractivity contribution in [3.63, 3.8) is 0 Å². The number of hydrogen-bond acceptors (Lipinski definition) is 4. The summed E-state index contributed by atoms with van der Waals surface area (Å²) in [5.41, 5.74) is 4.35. The summed E-state index contributed by atoms with van der Waals surface area (Å²) in [6.45, 7) is 7.26. The van der Waals surface area contributed by atoms with Gasteiger partial charge < -0.3 is 19.3 Å². The van der Waals surface area contributed by atoms with Crippen LogP contribution < -0.4 is 14.4 Å². The number of carbonyl (C=O) groups excluding carboxylic acids is 1. The van der Waals surface area contributed by atoms with Crippen molar-refractivity contribution in [1.29, 1.82) is 0 Å². The van der Waals surface area contributed by atoms with Gasteiger partial charge in [-0.05, 0) is 43.2 Å². The Hall–Kier alpha value is -2.69. The fourth-order valence-corrected chi connectivity index (χ4v) is 3.45. The van der Waals surface area contributed by atoms with Crippen LogP contribution in [0, 0.1) is 13.8 Å². The molecule has 3 rings (SSSR count). The highest BCUT2D eigenvalue weighted by Crippen LogP contribution is 2.30. The maximum Gasteiger partial charge on any atom is 0.261 e. The lowest BCUT2D eigenvalue weighted by Crippen LogP contribution is -2.49. The Labute approximate surface area is 155 Å². The molecule has 0 radical (unpaired) electrons. The standard InChI is InChI=1S/C21H26N2O3/c1-15-7-5-8-17(16(15)2)22-11-13-23(14-12-22)21(24)20-18(25-3)9-6-10-19(20)26-4/h5-10H,11-14H2,1-4H3. The summed E-state index contributed by atoms with van der Waals surface area (Å²) in [7, 11) is 3.15. The number of carbonyl (C=O) groups is 1. The number of benzene rings is 2. The molecule has 1 aliphatic heterocycles. The third-order valence-corrected chi connectivity index (χ3v) is 5.13. The number of piperazine rings is 1. The molecule has 1 fully saturated rings. The van der Waals surface area contributed by atoms with Crippen LogP contribution in [0.5, 0.6) is 11.5 Å². The Kier molecular flexibility index (Phi) is 5.35. The van der Waals surface area contributed by atoms with E-state index in [4.69, 9.17) is 9.47 Å². The first-order valence-corrected chi connectivity index (χ1v) is 8.88. The summed E-state index contributed by atoms with van der Waals surface area (Å²) in [4.78, 5) is 17.3. The van der Waals surface area contributed by atoms with Gasteiger partial charge >= 0.3 is 0 Å². The van der Waals surface area contributed by atoms with E-state index in [0.29, 0.717) is 30.2 Å². The lowest BCUT2D eigenvalue weighted by atomic mass is 10.1. The predicted octanol–water partition coefficient (Wildman–Crippen LogP) is 3.28. The second-order valence-electron chi connectivity index (χ2n) is 6.54. The highest BCUT2D eigenvalue weighted by atomic mass is 16.5. The molecule has 0 aromatic heterocycles. The van der Waals surface area contributed by atoms with E-state index >= 15 is 0 Å². The molecule has 1 amide bonds. The molecule has 1 aliphatic rings. The van der Waals surface area contributed by atoms with E-state index < -0.39 is 0 Å². The molecule has 0 N–H and O–H groups in total. The lowest BCUT2D eigenvalue weighted by molar-refractivity contribution is 0.0740. The van der Waals surface area contributed by atoms with Crippen molar-refractivity contribution >= 4 is 11.6 Å². The third kappa shape index (κ3) is 3.34. The van der Waals surface area contributed by atoms with Gasteiger partial charge in [0.1, 0.15) is 17.1 Å². The molecular weight excluding hydrogens is 328 g/mol. The number of ether oxygens (including phenoxy) is 2. The number of anilines is 1. The maximum atomic E-state index is 13.1. The summed E-state index contributed by atoms with van der Waals surface area (Å²) in [5, 5.41) is 0. The molecule has 0 aliphatic carbocycles. The van der Waals surface area contributed by atoms with E-state index in [0.717, 1.165) is 13.1 Å². The summed E-state index contributed by atoms with van der Waals surface area (Å²) in [5.74, 6) is 1.05. The summed E-state index contributed by atoms with van der Waals surface area (Å²) < 4.78 is 10.8. The topological polar surface area (TPSA) is 42.0 Å². The number of aryl methyl sites for hydroxylation is 1. The van der Waals surface area contributed by atoms with Crippen LogP contribution in [0.25, 0.3) is 0 Å². The van der Waals surface area contributed by atoms with Crippen LogP contribution >= 0.6 is 0 Å². The first kappa shape index (κ1) is 18.1. The van der Waals surface area contributed by atoms with Crippen LogP contribution in [-0.2, 0) is 0 Å². The monoisotopic (exact) mass is 354 g/mol. The summed E-state index contributed by atoms with van der Waals surface area (Å²) in [6, 6.07) is 11.8. The van der Waals surface area contributed by atoms with Crippen LogP contribution in [0.1, 0.15) is 21.5 Å². The van der Waals surface area contributed by atoms with Gasteiger partial charge in [-0.3, -0.25) is 4.79 Å². The number of amides is 1. The van der Waals surface area contributed by atoms with Crippen LogP contribution in [0.15, 0.2) is 36.4 Å². The normalized spacial score (nSPS) is 14.3. The Balaban J connectivity index is 1.76. The number of rotatable bonds is 4. The van der Waals surface area contributed by atoms with Gasteiger partial charge in [-0.15, -0.1) is 0 Å². The molecule has 26 heavy (non-hydrogen) atoms. The van der Waals surface area contributed by atoms with Crippen molar-refractivity contribution in [2.45, 2.75) is 13.8 Å². The molecule has 1 saturated heterocycles. The molecule has 5 nitrogen and oxygen atoms in total. The maximum absolute atomic E-state index is 13.1. The van der Waals surface area contributed by atoms with E-state index in [2.05, 4.69) is 36.9 Å². The van der Waals surface area contributed by atoms with Gasteiger partial charge in [-0.2, -0.15) is 0 Å². The summed E-state index contributed by atoms with van der Waals surface area (Å²) >= 11 is 0. The number of hydrogen-bond donors (Lipinski definition) is 0.